The Kier molecular flexibility index (Phi) is 16.2. The third-order valence-electron chi connectivity index (χ3n) is 20.4. The first-order valence-corrected chi connectivity index (χ1v) is 26.6. The molecule has 0 bridgehead atoms. The molecular formula is C52H84O22. The van der Waals surface area contributed by atoms with Gasteiger partial charge in [0.1, 0.15) is 85.5 Å². The number of hydrogen-bond acceptors (Lipinski definition) is 22. The number of rotatable bonds is 12. The summed E-state index contributed by atoms with van der Waals surface area (Å²) in [4.78, 5) is 0. The predicted molar refractivity (Wildman–Crippen MR) is 253 cm³/mol. The Labute approximate surface area is 431 Å². The van der Waals surface area contributed by atoms with Crippen LogP contribution in [0.15, 0.2) is 23.3 Å². The molecule has 0 aromatic heterocycles. The largest absolute Gasteiger partial charge is 0.396 e. The van der Waals surface area contributed by atoms with Crippen LogP contribution in [0.4, 0.5) is 0 Å². The van der Waals surface area contributed by atoms with Crippen molar-refractivity contribution in [1.29, 1.82) is 0 Å². The highest BCUT2D eigenvalue weighted by atomic mass is 16.8. The van der Waals surface area contributed by atoms with Gasteiger partial charge >= 0.3 is 0 Å². The summed E-state index contributed by atoms with van der Waals surface area (Å²) in [5.74, 6) is -0.122. The molecule has 4 aliphatic heterocycles. The van der Waals surface area contributed by atoms with Gasteiger partial charge in [0.2, 0.25) is 0 Å². The number of ether oxygens (including phenoxy) is 8. The second-order valence-electron chi connectivity index (χ2n) is 25.0. The average molecular weight is 1060 g/mol. The first kappa shape index (κ1) is 57.3. The molecule has 0 radical (unpaired) electrons. The Hall–Kier alpha value is -1.40. The molecule has 0 unspecified atom stereocenters. The summed E-state index contributed by atoms with van der Waals surface area (Å²) < 4.78 is 48.4. The van der Waals surface area contributed by atoms with Crippen molar-refractivity contribution in [3.8, 4) is 0 Å². The van der Waals surface area contributed by atoms with Crippen LogP contribution >= 0.6 is 0 Å². The maximum absolute atomic E-state index is 12.3. The van der Waals surface area contributed by atoms with Gasteiger partial charge in [-0.25, -0.2) is 0 Å². The van der Waals surface area contributed by atoms with Gasteiger partial charge in [-0.05, 0) is 85.0 Å². The summed E-state index contributed by atoms with van der Waals surface area (Å²) in [6.45, 7) is 10.4. The molecule has 0 spiro atoms. The van der Waals surface area contributed by atoms with Crippen molar-refractivity contribution in [1.82, 2.24) is 0 Å². The van der Waals surface area contributed by atoms with Crippen molar-refractivity contribution in [2.75, 3.05) is 39.6 Å². The first-order chi connectivity index (χ1) is 34.8. The molecule has 4 saturated heterocycles. The Morgan fingerprint density at radius 3 is 1.86 bits per heavy atom. The zero-order valence-corrected chi connectivity index (χ0v) is 43.3. The van der Waals surface area contributed by atoms with E-state index in [1.165, 1.54) is 11.1 Å². The highest BCUT2D eigenvalue weighted by molar-refractivity contribution is 5.47. The maximum Gasteiger partial charge on any atom is 0.187 e. The first-order valence-electron chi connectivity index (χ1n) is 26.6. The fourth-order valence-electron chi connectivity index (χ4n) is 15.4. The van der Waals surface area contributed by atoms with Crippen LogP contribution in [-0.2, 0) is 37.9 Å². The molecule has 3 saturated carbocycles. The fraction of sp³-hybridized carbons (Fsp3) is 0.923. The summed E-state index contributed by atoms with van der Waals surface area (Å²) in [5, 5.41) is 153. The van der Waals surface area contributed by atoms with E-state index in [-0.39, 0.29) is 41.3 Å². The predicted octanol–water partition coefficient (Wildman–Crippen LogP) is -2.42. The van der Waals surface area contributed by atoms with Crippen LogP contribution in [0.5, 0.6) is 0 Å². The van der Waals surface area contributed by atoms with Gasteiger partial charge in [0, 0.05) is 16.2 Å². The highest BCUT2D eigenvalue weighted by Crippen LogP contribution is 2.74. The lowest BCUT2D eigenvalue weighted by Crippen LogP contribution is -2.67. The van der Waals surface area contributed by atoms with Crippen molar-refractivity contribution in [3.05, 3.63) is 23.3 Å². The van der Waals surface area contributed by atoms with Crippen LogP contribution < -0.4 is 0 Å². The Balaban J connectivity index is 0.995. The van der Waals surface area contributed by atoms with E-state index in [1.54, 1.807) is 0 Å². The molecule has 7 fully saturated rings. The van der Waals surface area contributed by atoms with E-state index in [1.807, 2.05) is 6.92 Å². The van der Waals surface area contributed by atoms with Gasteiger partial charge in [-0.1, -0.05) is 59.3 Å². The minimum Gasteiger partial charge on any atom is -0.396 e. The molecule has 5 aliphatic carbocycles. The van der Waals surface area contributed by atoms with Gasteiger partial charge in [-0.15, -0.1) is 0 Å². The van der Waals surface area contributed by atoms with Crippen molar-refractivity contribution >= 4 is 0 Å². The van der Waals surface area contributed by atoms with Crippen molar-refractivity contribution in [2.45, 2.75) is 216 Å². The van der Waals surface area contributed by atoms with E-state index in [2.05, 4.69) is 46.8 Å². The van der Waals surface area contributed by atoms with Crippen LogP contribution in [0.3, 0.4) is 0 Å². The van der Waals surface area contributed by atoms with Crippen molar-refractivity contribution < 1.29 is 109 Å². The topological polar surface area (TPSA) is 357 Å². The van der Waals surface area contributed by atoms with Crippen molar-refractivity contribution in [2.24, 2.45) is 44.3 Å². The molecule has 27 atom stereocenters. The van der Waals surface area contributed by atoms with Crippen LogP contribution in [0.2, 0.25) is 0 Å². The molecule has 4 heterocycles. The van der Waals surface area contributed by atoms with Crippen molar-refractivity contribution in [3.63, 3.8) is 0 Å². The SMILES string of the molecule is CC1(C)CC[C@@]2(CO)C(=C3C=C[C@@H]4[C@@]5(C)CC[C@H](O[C@@H]6OC[C@H](O[C@@H]7O[C@H](CO)[C@@H](O)[C@H](O)[C@H]7O[C@@H]7OC[C@@H](O)[C@H](O)[C@H]7O)[C@H](O)[C@H]6O[C@@H]6O[C@H](CO)[C@@H](O)[C@H](O)[C@H]6O)[C@@](C)(CO)[C@@H]5CC[C@@]4(C)[C@]3(C)C[C@H]2O)C1. The monoisotopic (exact) mass is 1060 g/mol. The van der Waals surface area contributed by atoms with E-state index in [4.69, 9.17) is 37.9 Å². The molecule has 9 aliphatic rings. The van der Waals surface area contributed by atoms with Crippen LogP contribution in [0, 0.1) is 44.3 Å². The minimum absolute atomic E-state index is 0.00812. The van der Waals surface area contributed by atoms with E-state index >= 15 is 0 Å². The van der Waals surface area contributed by atoms with Gasteiger partial charge < -0.3 is 109 Å². The standard InChI is InChI=1S/C52H84O22/c1-47(2)13-14-52(22-56)24(15-47)23-7-8-30-48(3)11-10-32(49(4,21-55)29(48)9-12-50(30,5)51(23,6)16-31(52)58)72-45-41(74-44-40(66)37(63)34(60)26(17-53)69-44)36(62)28(20-68-45)71-46-42(38(64)35(61)27(18-54)70-46)73-43-39(65)33(59)25(57)19-67-43/h7-8,25-46,53-66H,9-22H2,1-6H3/t25-,26-,27-,28+,29-,30-,31-,32+,33+,34-,35-,36+,37+,38+,39-,40-,41-,42-,43+,44+,45+,46+,48+,49+,50-,51-,52-/m1/s1. The molecule has 424 valence electrons. The normalized spacial score (nSPS) is 54.4. The van der Waals surface area contributed by atoms with Gasteiger partial charge in [-0.2, -0.15) is 0 Å². The maximum atomic E-state index is 12.3. The molecular weight excluding hydrogens is 977 g/mol. The van der Waals surface area contributed by atoms with Crippen LogP contribution in [0.25, 0.3) is 0 Å². The van der Waals surface area contributed by atoms with E-state index in [0.29, 0.717) is 32.1 Å². The second-order valence-corrected chi connectivity index (χ2v) is 25.0. The quantitative estimate of drug-likeness (QED) is 0.0905. The summed E-state index contributed by atoms with van der Waals surface area (Å²) in [7, 11) is 0. The molecule has 22 heteroatoms. The zero-order chi connectivity index (χ0) is 53.8. The molecule has 9 rings (SSSR count). The van der Waals surface area contributed by atoms with Gasteiger partial charge in [0.15, 0.2) is 25.2 Å². The van der Waals surface area contributed by atoms with Crippen LogP contribution in [-0.4, -0.2) is 234 Å². The lowest BCUT2D eigenvalue weighted by Gasteiger charge is -2.70. The van der Waals surface area contributed by atoms with E-state index < -0.39 is 165 Å². The molecule has 22 nitrogen and oxygen atoms in total. The van der Waals surface area contributed by atoms with E-state index in [9.17, 15) is 71.5 Å². The van der Waals surface area contributed by atoms with E-state index in [0.717, 1.165) is 19.3 Å². The smallest absolute Gasteiger partial charge is 0.187 e. The Bertz CT molecular complexity index is 2040. The molecule has 74 heavy (non-hydrogen) atoms. The molecule has 0 aromatic carbocycles. The summed E-state index contributed by atoms with van der Waals surface area (Å²) in [5.41, 5.74) is -0.344. The lowest BCUT2D eigenvalue weighted by atomic mass is 9.35. The number of aliphatic hydroxyl groups excluding tert-OH is 14. The minimum atomic E-state index is -1.93. The fourth-order valence-corrected chi connectivity index (χ4v) is 15.4. The average Bonchev–Trinajstić information content (AvgIpc) is 3.36. The molecule has 0 amide bonds. The lowest BCUT2D eigenvalue weighted by molar-refractivity contribution is -0.392. The summed E-state index contributed by atoms with van der Waals surface area (Å²) >= 11 is 0. The van der Waals surface area contributed by atoms with Gasteiger partial charge in [0.25, 0.3) is 0 Å². The zero-order valence-electron chi connectivity index (χ0n) is 43.3. The third kappa shape index (κ3) is 9.12. The Morgan fingerprint density at radius 2 is 1.20 bits per heavy atom. The number of aliphatic hydroxyl groups is 14. The van der Waals surface area contributed by atoms with Crippen LogP contribution in [0.1, 0.15) is 92.9 Å². The van der Waals surface area contributed by atoms with Gasteiger partial charge in [0.05, 0.1) is 51.8 Å². The molecule has 0 aromatic rings. The van der Waals surface area contributed by atoms with Gasteiger partial charge in [-0.3, -0.25) is 0 Å². The highest BCUT2D eigenvalue weighted by Gasteiger charge is 2.69. The summed E-state index contributed by atoms with van der Waals surface area (Å²) in [6, 6.07) is 0. The second kappa shape index (κ2) is 20.9. The number of fused-ring (bicyclic) bond motifs is 6. The molecule has 14 N–H and O–H groups in total. The third-order valence-corrected chi connectivity index (χ3v) is 20.4. The summed E-state index contributed by atoms with van der Waals surface area (Å²) in [6.07, 6.45) is -22.0. The Morgan fingerprint density at radius 1 is 0.581 bits per heavy atom. The number of allylic oxidation sites excluding steroid dienone is 3. The number of hydrogen-bond donors (Lipinski definition) is 14.